The molecule has 27 heavy (non-hydrogen) atoms. The van der Waals surface area contributed by atoms with Crippen molar-refractivity contribution in [3.63, 3.8) is 0 Å². The minimum Gasteiger partial charge on any atom is -0.484 e. The normalized spacial score (nSPS) is 12.3. The standard InChI is InChI=1S/C22H25NO4/c1-2-3-13-26-22(25)17-7-10-19(11-8-17)23-21(24)15-27-20-12-9-16-5-4-6-18(16)14-20/h7-12,14H,2-6,13,15H2,1H3,(H,23,24). The van der Waals surface area contributed by atoms with E-state index in [9.17, 15) is 9.59 Å². The van der Waals surface area contributed by atoms with Gasteiger partial charge >= 0.3 is 5.97 Å². The average molecular weight is 367 g/mol. The summed E-state index contributed by atoms with van der Waals surface area (Å²) < 4.78 is 10.8. The van der Waals surface area contributed by atoms with E-state index in [0.29, 0.717) is 17.9 Å². The van der Waals surface area contributed by atoms with Gasteiger partial charge in [-0.3, -0.25) is 4.79 Å². The number of anilines is 1. The van der Waals surface area contributed by atoms with Crippen LogP contribution in [-0.4, -0.2) is 25.1 Å². The van der Waals surface area contributed by atoms with E-state index < -0.39 is 0 Å². The van der Waals surface area contributed by atoms with Crippen molar-refractivity contribution >= 4 is 17.6 Å². The number of ether oxygens (including phenoxy) is 2. The van der Waals surface area contributed by atoms with Crippen LogP contribution in [0.1, 0.15) is 47.7 Å². The number of carbonyl (C=O) groups is 2. The van der Waals surface area contributed by atoms with Gasteiger partial charge in [0.05, 0.1) is 12.2 Å². The third-order valence-electron chi connectivity index (χ3n) is 4.58. The fourth-order valence-electron chi connectivity index (χ4n) is 3.07. The number of fused-ring (bicyclic) bond motifs is 1. The molecule has 3 rings (SSSR count). The zero-order chi connectivity index (χ0) is 19.1. The predicted molar refractivity (Wildman–Crippen MR) is 104 cm³/mol. The van der Waals surface area contributed by atoms with Crippen molar-refractivity contribution in [3.05, 3.63) is 59.2 Å². The second kappa shape index (κ2) is 9.21. The lowest BCUT2D eigenvalue weighted by Gasteiger charge is -2.09. The van der Waals surface area contributed by atoms with E-state index in [1.165, 1.54) is 17.5 Å². The number of aryl methyl sites for hydroxylation is 2. The number of nitrogens with one attached hydrogen (secondary N) is 1. The molecular formula is C22H25NO4. The van der Waals surface area contributed by atoms with Crippen LogP contribution in [0.4, 0.5) is 5.69 Å². The van der Waals surface area contributed by atoms with Crippen molar-refractivity contribution in [3.8, 4) is 5.75 Å². The zero-order valence-electron chi connectivity index (χ0n) is 15.6. The first-order valence-corrected chi connectivity index (χ1v) is 9.47. The molecule has 0 aromatic heterocycles. The molecule has 1 N–H and O–H groups in total. The van der Waals surface area contributed by atoms with Crippen molar-refractivity contribution in [2.24, 2.45) is 0 Å². The zero-order valence-corrected chi connectivity index (χ0v) is 15.6. The average Bonchev–Trinajstić information content (AvgIpc) is 3.15. The quantitative estimate of drug-likeness (QED) is 0.562. The largest absolute Gasteiger partial charge is 0.484 e. The lowest BCUT2D eigenvalue weighted by molar-refractivity contribution is -0.118. The number of esters is 1. The Balaban J connectivity index is 1.47. The van der Waals surface area contributed by atoms with Gasteiger partial charge in [-0.1, -0.05) is 19.4 Å². The number of benzene rings is 2. The van der Waals surface area contributed by atoms with Crippen LogP contribution in [-0.2, 0) is 22.4 Å². The van der Waals surface area contributed by atoms with Crippen molar-refractivity contribution in [2.75, 3.05) is 18.5 Å². The minimum atomic E-state index is -0.346. The van der Waals surface area contributed by atoms with Gasteiger partial charge in [0.15, 0.2) is 6.61 Å². The third-order valence-corrected chi connectivity index (χ3v) is 4.58. The summed E-state index contributed by atoms with van der Waals surface area (Å²) in [6.45, 7) is 2.41. The highest BCUT2D eigenvalue weighted by Gasteiger charge is 2.12. The minimum absolute atomic E-state index is 0.0560. The molecule has 1 aliphatic carbocycles. The molecule has 0 aliphatic heterocycles. The molecule has 2 aromatic rings. The summed E-state index contributed by atoms with van der Waals surface area (Å²) >= 11 is 0. The Labute approximate surface area is 159 Å². The molecule has 0 saturated carbocycles. The van der Waals surface area contributed by atoms with Crippen molar-refractivity contribution in [1.29, 1.82) is 0 Å². The van der Waals surface area contributed by atoms with Crippen LogP contribution in [0.15, 0.2) is 42.5 Å². The van der Waals surface area contributed by atoms with Crippen molar-refractivity contribution < 1.29 is 19.1 Å². The summed E-state index contributed by atoms with van der Waals surface area (Å²) in [5.74, 6) is 0.131. The number of hydrogen-bond acceptors (Lipinski definition) is 4. The summed E-state index contributed by atoms with van der Waals surface area (Å²) in [4.78, 5) is 23.9. The number of unbranched alkanes of at least 4 members (excludes halogenated alkanes) is 1. The maximum atomic E-state index is 12.1. The van der Waals surface area contributed by atoms with Gasteiger partial charge in [0, 0.05) is 5.69 Å². The molecule has 5 heteroatoms. The predicted octanol–water partition coefficient (Wildman–Crippen LogP) is 4.15. The number of amides is 1. The van der Waals surface area contributed by atoms with Gasteiger partial charge in [0.25, 0.3) is 5.91 Å². The van der Waals surface area contributed by atoms with Gasteiger partial charge in [0.1, 0.15) is 5.75 Å². The Bertz CT molecular complexity index is 798. The van der Waals surface area contributed by atoms with E-state index in [1.807, 2.05) is 19.1 Å². The number of rotatable bonds is 8. The van der Waals surface area contributed by atoms with Gasteiger partial charge in [-0.25, -0.2) is 4.79 Å². The van der Waals surface area contributed by atoms with Crippen LogP contribution in [0, 0.1) is 0 Å². The molecule has 0 heterocycles. The van der Waals surface area contributed by atoms with E-state index in [2.05, 4.69) is 11.4 Å². The number of hydrogen-bond donors (Lipinski definition) is 1. The lowest BCUT2D eigenvalue weighted by Crippen LogP contribution is -2.20. The van der Waals surface area contributed by atoms with E-state index in [0.717, 1.165) is 31.4 Å². The summed E-state index contributed by atoms with van der Waals surface area (Å²) in [6, 6.07) is 12.7. The van der Waals surface area contributed by atoms with Gasteiger partial charge in [-0.15, -0.1) is 0 Å². The second-order valence-corrected chi connectivity index (χ2v) is 6.69. The Morgan fingerprint density at radius 1 is 1.04 bits per heavy atom. The first kappa shape index (κ1) is 19.0. The van der Waals surface area contributed by atoms with Gasteiger partial charge in [-0.2, -0.15) is 0 Å². The van der Waals surface area contributed by atoms with Crippen molar-refractivity contribution in [1.82, 2.24) is 0 Å². The molecular weight excluding hydrogens is 342 g/mol. The highest BCUT2D eigenvalue weighted by atomic mass is 16.5. The summed E-state index contributed by atoms with van der Waals surface area (Å²) in [6.07, 6.45) is 5.21. The highest BCUT2D eigenvalue weighted by molar-refractivity contribution is 5.93. The Kier molecular flexibility index (Phi) is 6.47. The highest BCUT2D eigenvalue weighted by Crippen LogP contribution is 2.26. The topological polar surface area (TPSA) is 64.6 Å². The second-order valence-electron chi connectivity index (χ2n) is 6.69. The van der Waals surface area contributed by atoms with E-state index in [4.69, 9.17) is 9.47 Å². The van der Waals surface area contributed by atoms with Gasteiger partial charge in [0.2, 0.25) is 0 Å². The van der Waals surface area contributed by atoms with Crippen LogP contribution in [0.5, 0.6) is 5.75 Å². The third kappa shape index (κ3) is 5.33. The lowest BCUT2D eigenvalue weighted by atomic mass is 10.1. The first-order chi connectivity index (χ1) is 13.2. The van der Waals surface area contributed by atoms with Crippen LogP contribution >= 0.6 is 0 Å². The molecule has 142 valence electrons. The van der Waals surface area contributed by atoms with Crippen LogP contribution in [0.3, 0.4) is 0 Å². The van der Waals surface area contributed by atoms with Crippen molar-refractivity contribution in [2.45, 2.75) is 39.0 Å². The molecule has 0 saturated heterocycles. The molecule has 5 nitrogen and oxygen atoms in total. The molecule has 2 aromatic carbocycles. The summed E-state index contributed by atoms with van der Waals surface area (Å²) in [7, 11) is 0. The van der Waals surface area contributed by atoms with E-state index >= 15 is 0 Å². The summed E-state index contributed by atoms with van der Waals surface area (Å²) in [5, 5.41) is 2.77. The van der Waals surface area contributed by atoms with Crippen LogP contribution in [0.2, 0.25) is 0 Å². The molecule has 1 aliphatic rings. The molecule has 0 bridgehead atoms. The molecule has 0 radical (unpaired) electrons. The fourth-order valence-corrected chi connectivity index (χ4v) is 3.07. The van der Waals surface area contributed by atoms with Gasteiger partial charge in [-0.05, 0) is 73.2 Å². The first-order valence-electron chi connectivity index (χ1n) is 9.47. The Morgan fingerprint density at radius 3 is 2.59 bits per heavy atom. The maximum Gasteiger partial charge on any atom is 0.338 e. The monoisotopic (exact) mass is 367 g/mol. The van der Waals surface area contributed by atoms with E-state index in [-0.39, 0.29) is 18.5 Å². The molecule has 0 unspecified atom stereocenters. The van der Waals surface area contributed by atoms with Crippen LogP contribution in [0.25, 0.3) is 0 Å². The number of carbonyl (C=O) groups excluding carboxylic acids is 2. The smallest absolute Gasteiger partial charge is 0.338 e. The SMILES string of the molecule is CCCCOC(=O)c1ccc(NC(=O)COc2ccc3c(c2)CCC3)cc1. The molecule has 0 atom stereocenters. The molecule has 0 fully saturated rings. The molecule has 1 amide bonds. The fraction of sp³-hybridized carbons (Fsp3) is 0.364. The Hall–Kier alpha value is -2.82. The van der Waals surface area contributed by atoms with Crippen LogP contribution < -0.4 is 10.1 Å². The van der Waals surface area contributed by atoms with E-state index in [1.54, 1.807) is 24.3 Å². The van der Waals surface area contributed by atoms with Gasteiger partial charge < -0.3 is 14.8 Å². The Morgan fingerprint density at radius 2 is 1.81 bits per heavy atom. The summed E-state index contributed by atoms with van der Waals surface area (Å²) in [5.41, 5.74) is 3.77. The molecule has 0 spiro atoms. The maximum absolute atomic E-state index is 12.1.